The molecule has 0 amide bonds. The Morgan fingerprint density at radius 1 is 1.39 bits per heavy atom. The SMILES string of the molecule is CC1SCCSC1c1noc([C@H]2C[C@@H](O)CN2)n1. The molecule has 3 rings (SSSR count). The van der Waals surface area contributed by atoms with Crippen LogP contribution in [0.4, 0.5) is 0 Å². The van der Waals surface area contributed by atoms with Crippen molar-refractivity contribution in [2.75, 3.05) is 18.1 Å². The van der Waals surface area contributed by atoms with Crippen LogP contribution in [0.2, 0.25) is 0 Å². The first-order valence-corrected chi connectivity index (χ1v) is 8.32. The zero-order valence-corrected chi connectivity index (χ0v) is 11.8. The summed E-state index contributed by atoms with van der Waals surface area (Å²) in [5.74, 6) is 3.76. The van der Waals surface area contributed by atoms with Crippen LogP contribution in [-0.4, -0.2) is 44.7 Å². The molecule has 2 aliphatic heterocycles. The van der Waals surface area contributed by atoms with Gasteiger partial charge >= 0.3 is 0 Å². The van der Waals surface area contributed by atoms with Gasteiger partial charge in [0.1, 0.15) is 0 Å². The average Bonchev–Trinajstić information content (AvgIpc) is 2.98. The molecule has 0 aromatic carbocycles. The Balaban J connectivity index is 1.72. The molecular formula is C11H17N3O2S2. The van der Waals surface area contributed by atoms with Gasteiger partial charge in [-0.1, -0.05) is 12.1 Å². The number of aliphatic hydroxyl groups excluding tert-OH is 1. The van der Waals surface area contributed by atoms with Gasteiger partial charge < -0.3 is 14.9 Å². The number of hydrogen-bond donors (Lipinski definition) is 2. The summed E-state index contributed by atoms with van der Waals surface area (Å²) in [5.41, 5.74) is 0. The highest BCUT2D eigenvalue weighted by atomic mass is 32.2. The first-order valence-electron chi connectivity index (χ1n) is 6.22. The first kappa shape index (κ1) is 12.8. The summed E-state index contributed by atoms with van der Waals surface area (Å²) < 4.78 is 5.34. The fourth-order valence-corrected chi connectivity index (χ4v) is 5.01. The lowest BCUT2D eigenvalue weighted by atomic mass is 10.2. The van der Waals surface area contributed by atoms with Gasteiger partial charge in [0.2, 0.25) is 5.89 Å². The quantitative estimate of drug-likeness (QED) is 0.851. The zero-order chi connectivity index (χ0) is 12.5. The van der Waals surface area contributed by atoms with Gasteiger partial charge in [0.05, 0.1) is 17.4 Å². The summed E-state index contributed by atoms with van der Waals surface area (Å²) in [7, 11) is 0. The van der Waals surface area contributed by atoms with E-state index in [1.54, 1.807) is 0 Å². The Morgan fingerprint density at radius 3 is 2.94 bits per heavy atom. The number of aliphatic hydroxyl groups is 1. The van der Waals surface area contributed by atoms with Crippen molar-refractivity contribution in [3.05, 3.63) is 11.7 Å². The molecule has 4 atom stereocenters. The van der Waals surface area contributed by atoms with Crippen LogP contribution in [0.5, 0.6) is 0 Å². The fourth-order valence-electron chi connectivity index (χ4n) is 2.33. The maximum absolute atomic E-state index is 9.50. The van der Waals surface area contributed by atoms with Gasteiger partial charge in [0, 0.05) is 23.3 Å². The topological polar surface area (TPSA) is 71.2 Å². The maximum atomic E-state index is 9.50. The predicted octanol–water partition coefficient (Wildman–Crippen LogP) is 1.37. The summed E-state index contributed by atoms with van der Waals surface area (Å²) in [6.07, 6.45) is 0.355. The van der Waals surface area contributed by atoms with Crippen LogP contribution in [0.1, 0.15) is 36.4 Å². The van der Waals surface area contributed by atoms with E-state index in [-0.39, 0.29) is 12.1 Å². The molecular weight excluding hydrogens is 270 g/mol. The molecule has 0 bridgehead atoms. The minimum Gasteiger partial charge on any atom is -0.392 e. The van der Waals surface area contributed by atoms with Crippen LogP contribution in [0, 0.1) is 0 Å². The molecule has 5 nitrogen and oxygen atoms in total. The highest BCUT2D eigenvalue weighted by Gasteiger charge is 2.32. The molecule has 7 heteroatoms. The molecule has 1 aromatic rings. The summed E-state index contributed by atoms with van der Waals surface area (Å²) in [6, 6.07) is 0.0119. The van der Waals surface area contributed by atoms with E-state index in [4.69, 9.17) is 4.52 Å². The van der Waals surface area contributed by atoms with Gasteiger partial charge in [-0.3, -0.25) is 0 Å². The molecule has 0 spiro atoms. The monoisotopic (exact) mass is 287 g/mol. The second-order valence-corrected chi connectivity index (χ2v) is 7.44. The second-order valence-electron chi connectivity index (χ2n) is 4.71. The number of thioether (sulfide) groups is 2. The number of nitrogens with one attached hydrogen (secondary N) is 1. The molecule has 0 aliphatic carbocycles. The van der Waals surface area contributed by atoms with Crippen LogP contribution in [0.15, 0.2) is 4.52 Å². The van der Waals surface area contributed by atoms with Crippen molar-refractivity contribution in [2.45, 2.75) is 36.0 Å². The van der Waals surface area contributed by atoms with E-state index in [1.165, 1.54) is 5.75 Å². The maximum Gasteiger partial charge on any atom is 0.243 e. The van der Waals surface area contributed by atoms with E-state index < -0.39 is 0 Å². The van der Waals surface area contributed by atoms with Crippen molar-refractivity contribution >= 4 is 23.5 Å². The second kappa shape index (κ2) is 5.40. The molecule has 2 fully saturated rings. The van der Waals surface area contributed by atoms with Crippen molar-refractivity contribution in [3.63, 3.8) is 0 Å². The lowest BCUT2D eigenvalue weighted by Crippen LogP contribution is -2.17. The van der Waals surface area contributed by atoms with Gasteiger partial charge in [-0.2, -0.15) is 16.7 Å². The van der Waals surface area contributed by atoms with Crippen LogP contribution in [0.25, 0.3) is 0 Å². The Kier molecular flexibility index (Phi) is 3.83. The van der Waals surface area contributed by atoms with Crippen molar-refractivity contribution in [3.8, 4) is 0 Å². The standard InChI is InChI=1S/C11H17N3O2S2/c1-6-9(18-3-2-17-6)10-13-11(16-14-10)8-4-7(15)5-12-8/h6-9,12,15H,2-5H2,1H3/t6?,7-,8-,9?/m1/s1. The molecule has 0 radical (unpaired) electrons. The highest BCUT2D eigenvalue weighted by Crippen LogP contribution is 2.41. The molecule has 2 aliphatic rings. The van der Waals surface area contributed by atoms with Crippen LogP contribution < -0.4 is 5.32 Å². The van der Waals surface area contributed by atoms with Crippen molar-refractivity contribution < 1.29 is 9.63 Å². The third-order valence-electron chi connectivity index (χ3n) is 3.31. The summed E-state index contributed by atoms with van der Waals surface area (Å²) >= 11 is 3.87. The molecule has 1 aromatic heterocycles. The number of nitrogens with zero attached hydrogens (tertiary/aromatic N) is 2. The van der Waals surface area contributed by atoms with E-state index in [2.05, 4.69) is 22.4 Å². The smallest absolute Gasteiger partial charge is 0.243 e. The Bertz CT molecular complexity index is 415. The van der Waals surface area contributed by atoms with Gasteiger partial charge in [-0.15, -0.1) is 11.8 Å². The molecule has 2 N–H and O–H groups in total. The summed E-state index contributed by atoms with van der Waals surface area (Å²) in [6.45, 7) is 2.82. The van der Waals surface area contributed by atoms with Gasteiger partial charge in [-0.05, 0) is 6.42 Å². The predicted molar refractivity (Wildman–Crippen MR) is 72.8 cm³/mol. The molecule has 100 valence electrons. The summed E-state index contributed by atoms with van der Waals surface area (Å²) in [4.78, 5) is 4.52. The lowest BCUT2D eigenvalue weighted by molar-refractivity contribution is 0.191. The largest absolute Gasteiger partial charge is 0.392 e. The Morgan fingerprint density at radius 2 is 2.22 bits per heavy atom. The Labute approximate surface area is 114 Å². The Hall–Kier alpha value is -0.240. The van der Waals surface area contributed by atoms with Crippen LogP contribution in [0.3, 0.4) is 0 Å². The minimum atomic E-state index is -0.302. The van der Waals surface area contributed by atoms with Gasteiger partial charge in [-0.25, -0.2) is 0 Å². The normalized spacial score (nSPS) is 37.0. The number of hydrogen-bond acceptors (Lipinski definition) is 7. The van der Waals surface area contributed by atoms with Gasteiger partial charge in [0.15, 0.2) is 5.82 Å². The third kappa shape index (κ3) is 2.54. The van der Waals surface area contributed by atoms with Crippen LogP contribution >= 0.6 is 23.5 Å². The van der Waals surface area contributed by atoms with Crippen LogP contribution in [-0.2, 0) is 0 Å². The number of β-amino-alcohol motifs (C(OH)–C–C–N with tert-alkyl or cyclic N) is 1. The first-order chi connectivity index (χ1) is 8.74. The molecule has 2 saturated heterocycles. The number of aromatic nitrogens is 2. The molecule has 0 saturated carbocycles. The third-order valence-corrected chi connectivity index (χ3v) is 6.39. The summed E-state index contributed by atoms with van der Waals surface area (Å²) in [5, 5.41) is 17.7. The number of rotatable bonds is 2. The molecule has 2 unspecified atom stereocenters. The minimum absolute atomic E-state index is 0.0119. The van der Waals surface area contributed by atoms with Crippen molar-refractivity contribution in [1.29, 1.82) is 0 Å². The van der Waals surface area contributed by atoms with E-state index in [1.807, 2.05) is 23.5 Å². The zero-order valence-electron chi connectivity index (χ0n) is 10.2. The van der Waals surface area contributed by atoms with Crippen molar-refractivity contribution in [2.24, 2.45) is 0 Å². The lowest BCUT2D eigenvalue weighted by Gasteiger charge is -2.24. The average molecular weight is 287 g/mol. The highest BCUT2D eigenvalue weighted by molar-refractivity contribution is 8.06. The van der Waals surface area contributed by atoms with Crippen molar-refractivity contribution in [1.82, 2.24) is 15.5 Å². The van der Waals surface area contributed by atoms with Gasteiger partial charge in [0.25, 0.3) is 0 Å². The van der Waals surface area contributed by atoms with E-state index in [0.29, 0.717) is 29.4 Å². The molecule has 3 heterocycles. The van der Waals surface area contributed by atoms with E-state index in [9.17, 15) is 5.11 Å². The van der Waals surface area contributed by atoms with E-state index in [0.717, 1.165) is 11.6 Å². The fraction of sp³-hybridized carbons (Fsp3) is 0.818. The molecule has 18 heavy (non-hydrogen) atoms. The van der Waals surface area contributed by atoms with E-state index >= 15 is 0 Å².